The monoisotopic (exact) mass is 597 g/mol. The number of unbranched alkanes of at least 4 members (excludes halogenated alkanes) is 2. The SMILES string of the molecule is CNC(=O)CCN(CCCCC1NC(=O)C(CCCCN(CCC(=O)NC)CCC(=O)OC)NC1=O)CCC(=O)NC. The number of hydrogen-bond acceptors (Lipinski definition) is 9. The van der Waals surface area contributed by atoms with E-state index in [-0.39, 0.29) is 41.9 Å². The first-order valence-corrected chi connectivity index (χ1v) is 14.9. The highest BCUT2D eigenvalue weighted by Crippen LogP contribution is 2.12. The average Bonchev–Trinajstić information content (AvgIpc) is 2.99. The standard InChI is InChI=1S/C28H51N7O7/c1-29-23(36)11-17-34(18-12-24(37)30-2)15-7-5-9-21-27(40)33-22(28(41)32-21)10-6-8-16-35(19-13-25(38)31-3)20-14-26(39)42-4/h21-22H,5-20H2,1-4H3,(H,29,36)(H,30,37)(H,31,38)(H,32,41)(H,33,40). The summed E-state index contributed by atoms with van der Waals surface area (Å²) in [5.41, 5.74) is 0. The van der Waals surface area contributed by atoms with Gasteiger partial charge in [-0.05, 0) is 51.6 Å². The van der Waals surface area contributed by atoms with Crippen LogP contribution in [0.1, 0.15) is 64.2 Å². The van der Waals surface area contributed by atoms with Crippen molar-refractivity contribution in [1.29, 1.82) is 0 Å². The van der Waals surface area contributed by atoms with Gasteiger partial charge in [0, 0.05) is 66.6 Å². The quantitative estimate of drug-likeness (QED) is 0.0764. The maximum Gasteiger partial charge on any atom is 0.306 e. The molecule has 14 nitrogen and oxygen atoms in total. The van der Waals surface area contributed by atoms with E-state index in [4.69, 9.17) is 4.74 Å². The zero-order valence-corrected chi connectivity index (χ0v) is 25.7. The summed E-state index contributed by atoms with van der Waals surface area (Å²) in [4.78, 5) is 75.9. The second-order valence-electron chi connectivity index (χ2n) is 10.4. The normalized spacial score (nSPS) is 16.5. The maximum atomic E-state index is 12.7. The minimum atomic E-state index is -0.590. The predicted octanol–water partition coefficient (Wildman–Crippen LogP) is -1.11. The van der Waals surface area contributed by atoms with Gasteiger partial charge in [0.25, 0.3) is 0 Å². The average molecular weight is 598 g/mol. The summed E-state index contributed by atoms with van der Waals surface area (Å²) < 4.78 is 4.71. The molecule has 1 rings (SSSR count). The third-order valence-electron chi connectivity index (χ3n) is 7.36. The zero-order valence-electron chi connectivity index (χ0n) is 25.7. The van der Waals surface area contributed by atoms with Crippen LogP contribution in [0.5, 0.6) is 0 Å². The van der Waals surface area contributed by atoms with E-state index in [9.17, 15) is 28.8 Å². The Kier molecular flexibility index (Phi) is 18.8. The molecule has 0 saturated carbocycles. The van der Waals surface area contributed by atoms with E-state index in [1.165, 1.54) is 7.11 Å². The van der Waals surface area contributed by atoms with Crippen molar-refractivity contribution in [3.05, 3.63) is 0 Å². The highest BCUT2D eigenvalue weighted by atomic mass is 16.5. The Hall–Kier alpha value is -3.26. The van der Waals surface area contributed by atoms with Crippen molar-refractivity contribution >= 4 is 35.5 Å². The van der Waals surface area contributed by atoms with Crippen LogP contribution in [-0.4, -0.2) is 125 Å². The van der Waals surface area contributed by atoms with Gasteiger partial charge >= 0.3 is 5.97 Å². The summed E-state index contributed by atoms with van der Waals surface area (Å²) in [6.45, 7) is 3.40. The van der Waals surface area contributed by atoms with Crippen molar-refractivity contribution in [1.82, 2.24) is 36.4 Å². The van der Waals surface area contributed by atoms with Gasteiger partial charge in [-0.3, -0.25) is 28.8 Å². The largest absolute Gasteiger partial charge is 0.469 e. The molecule has 0 radical (unpaired) electrons. The van der Waals surface area contributed by atoms with E-state index in [1.807, 2.05) is 4.90 Å². The minimum Gasteiger partial charge on any atom is -0.469 e. The summed E-state index contributed by atoms with van der Waals surface area (Å²) in [5, 5.41) is 13.5. The van der Waals surface area contributed by atoms with Crippen LogP contribution in [0.3, 0.4) is 0 Å². The van der Waals surface area contributed by atoms with Crippen LogP contribution in [0, 0.1) is 0 Å². The second-order valence-corrected chi connectivity index (χ2v) is 10.4. The van der Waals surface area contributed by atoms with E-state index in [0.29, 0.717) is 84.2 Å². The molecule has 0 aromatic heterocycles. The molecule has 1 saturated heterocycles. The lowest BCUT2D eigenvalue weighted by Crippen LogP contribution is -2.61. The van der Waals surface area contributed by atoms with Gasteiger partial charge < -0.3 is 41.1 Å². The number of amides is 5. The molecule has 14 heteroatoms. The Morgan fingerprint density at radius 2 is 0.976 bits per heavy atom. The number of nitrogens with zero attached hydrogens (tertiary/aromatic N) is 2. The Balaban J connectivity index is 2.43. The Morgan fingerprint density at radius 3 is 1.31 bits per heavy atom. The number of ether oxygens (including phenoxy) is 1. The number of nitrogens with one attached hydrogen (secondary N) is 5. The molecule has 240 valence electrons. The topological polar surface area (TPSA) is 178 Å². The van der Waals surface area contributed by atoms with Crippen LogP contribution in [0.4, 0.5) is 0 Å². The zero-order chi connectivity index (χ0) is 31.3. The molecule has 2 atom stereocenters. The molecular weight excluding hydrogens is 546 g/mol. The molecule has 0 aliphatic carbocycles. The number of rotatable bonds is 22. The van der Waals surface area contributed by atoms with E-state index in [0.717, 1.165) is 12.8 Å². The summed E-state index contributed by atoms with van der Waals surface area (Å²) in [6.07, 6.45) is 5.14. The number of piperazine rings is 1. The number of carbonyl (C=O) groups excluding carboxylic acids is 6. The number of carbonyl (C=O) groups is 6. The lowest BCUT2D eigenvalue weighted by molar-refractivity contribution is -0.141. The van der Waals surface area contributed by atoms with Gasteiger partial charge in [-0.25, -0.2) is 0 Å². The van der Waals surface area contributed by atoms with Gasteiger partial charge in [-0.1, -0.05) is 0 Å². The fourth-order valence-corrected chi connectivity index (χ4v) is 4.63. The van der Waals surface area contributed by atoms with Gasteiger partial charge in [-0.15, -0.1) is 0 Å². The molecule has 1 fully saturated rings. The third-order valence-corrected chi connectivity index (χ3v) is 7.36. The molecule has 1 aliphatic rings. The predicted molar refractivity (Wildman–Crippen MR) is 157 cm³/mol. The first-order valence-electron chi connectivity index (χ1n) is 14.9. The maximum absolute atomic E-state index is 12.7. The molecule has 2 unspecified atom stereocenters. The summed E-state index contributed by atoms with van der Waals surface area (Å²) in [6, 6.07) is -1.18. The highest BCUT2D eigenvalue weighted by molar-refractivity contribution is 5.96. The molecule has 0 aromatic rings. The van der Waals surface area contributed by atoms with Crippen LogP contribution >= 0.6 is 0 Å². The Bertz CT molecular complexity index is 777. The van der Waals surface area contributed by atoms with Crippen molar-refractivity contribution < 1.29 is 33.5 Å². The third kappa shape index (κ3) is 15.7. The molecular formula is C28H51N7O7. The van der Waals surface area contributed by atoms with Crippen molar-refractivity contribution in [3.63, 3.8) is 0 Å². The van der Waals surface area contributed by atoms with E-state index >= 15 is 0 Å². The minimum absolute atomic E-state index is 0.0620. The van der Waals surface area contributed by atoms with Crippen LogP contribution in [0.25, 0.3) is 0 Å². The first kappa shape index (κ1) is 36.8. The van der Waals surface area contributed by atoms with Crippen molar-refractivity contribution in [2.75, 3.05) is 67.5 Å². The van der Waals surface area contributed by atoms with Crippen LogP contribution in [-0.2, 0) is 33.5 Å². The van der Waals surface area contributed by atoms with Gasteiger partial charge in [0.05, 0.1) is 13.5 Å². The summed E-state index contributed by atoms with van der Waals surface area (Å²) in [5.74, 6) is -0.898. The van der Waals surface area contributed by atoms with Gasteiger partial charge in [0.2, 0.25) is 29.5 Å². The molecule has 0 aromatic carbocycles. The van der Waals surface area contributed by atoms with Gasteiger partial charge in [0.1, 0.15) is 12.1 Å². The van der Waals surface area contributed by atoms with E-state index in [2.05, 4.69) is 31.5 Å². The number of methoxy groups -OCH3 is 1. The fraction of sp³-hybridized carbons (Fsp3) is 0.786. The first-order chi connectivity index (χ1) is 20.1. The number of hydrogen-bond donors (Lipinski definition) is 5. The number of esters is 1. The van der Waals surface area contributed by atoms with Crippen molar-refractivity contribution in [3.8, 4) is 0 Å². The van der Waals surface area contributed by atoms with E-state index < -0.39 is 12.1 Å². The molecule has 1 aliphatic heterocycles. The second kappa shape index (κ2) is 21.4. The van der Waals surface area contributed by atoms with Crippen molar-refractivity contribution in [2.45, 2.75) is 76.3 Å². The molecule has 1 heterocycles. The summed E-state index contributed by atoms with van der Waals surface area (Å²) >= 11 is 0. The Labute approximate surface area is 249 Å². The smallest absolute Gasteiger partial charge is 0.306 e. The molecule has 42 heavy (non-hydrogen) atoms. The van der Waals surface area contributed by atoms with Crippen LogP contribution in [0.15, 0.2) is 0 Å². The van der Waals surface area contributed by atoms with Crippen LogP contribution in [0.2, 0.25) is 0 Å². The summed E-state index contributed by atoms with van der Waals surface area (Å²) in [7, 11) is 6.10. The highest BCUT2D eigenvalue weighted by Gasteiger charge is 2.32. The van der Waals surface area contributed by atoms with Gasteiger partial charge in [-0.2, -0.15) is 0 Å². The molecule has 5 amide bonds. The Morgan fingerprint density at radius 1 is 0.619 bits per heavy atom. The lowest BCUT2D eigenvalue weighted by Gasteiger charge is -2.30. The van der Waals surface area contributed by atoms with E-state index in [1.54, 1.807) is 21.1 Å². The molecule has 0 spiro atoms. The fourth-order valence-electron chi connectivity index (χ4n) is 4.63. The van der Waals surface area contributed by atoms with Crippen molar-refractivity contribution in [2.24, 2.45) is 0 Å². The van der Waals surface area contributed by atoms with Crippen LogP contribution < -0.4 is 26.6 Å². The lowest BCUT2D eigenvalue weighted by atomic mass is 10.0. The molecule has 5 N–H and O–H groups in total. The van der Waals surface area contributed by atoms with Gasteiger partial charge in [0.15, 0.2) is 0 Å². The molecule has 0 bridgehead atoms.